The third kappa shape index (κ3) is 4.43. The molecular formula is C16H27N3O2S. The van der Waals surface area contributed by atoms with Crippen LogP contribution in [0.25, 0.3) is 0 Å². The molecule has 1 aromatic rings. The Morgan fingerprint density at radius 2 is 2.09 bits per heavy atom. The quantitative estimate of drug-likeness (QED) is 0.894. The monoisotopic (exact) mass is 325 g/mol. The number of nitrogens with one attached hydrogen (secondary N) is 2. The van der Waals surface area contributed by atoms with Crippen molar-refractivity contribution in [1.82, 2.24) is 15.6 Å². The van der Waals surface area contributed by atoms with E-state index in [2.05, 4.69) is 36.4 Å². The van der Waals surface area contributed by atoms with Crippen LogP contribution in [0.15, 0.2) is 0 Å². The van der Waals surface area contributed by atoms with E-state index in [1.54, 1.807) is 11.3 Å². The number of urea groups is 1. The van der Waals surface area contributed by atoms with E-state index >= 15 is 0 Å². The molecule has 2 heterocycles. The van der Waals surface area contributed by atoms with Crippen LogP contribution in [-0.2, 0) is 11.3 Å². The van der Waals surface area contributed by atoms with Crippen LogP contribution < -0.4 is 10.6 Å². The van der Waals surface area contributed by atoms with Crippen LogP contribution >= 0.6 is 11.3 Å². The summed E-state index contributed by atoms with van der Waals surface area (Å²) in [4.78, 5) is 17.4. The van der Waals surface area contributed by atoms with Crippen LogP contribution in [0, 0.1) is 25.2 Å². The average Bonchev–Trinajstić information content (AvgIpc) is 3.00. The number of hydrogen-bond donors (Lipinski definition) is 2. The molecule has 22 heavy (non-hydrogen) atoms. The molecule has 6 heteroatoms. The Morgan fingerprint density at radius 1 is 1.36 bits per heavy atom. The SMILES string of the molecule is Cc1nc(C)c(CNC(=O)NC[C@H]2CCO[C@@H]2C(C)(C)C)s1. The lowest BCUT2D eigenvalue weighted by molar-refractivity contribution is 0.00775. The lowest BCUT2D eigenvalue weighted by Gasteiger charge is -2.31. The predicted molar refractivity (Wildman–Crippen MR) is 89.1 cm³/mol. The molecule has 124 valence electrons. The van der Waals surface area contributed by atoms with Crippen LogP contribution in [0.1, 0.15) is 42.8 Å². The second kappa shape index (κ2) is 6.96. The largest absolute Gasteiger partial charge is 0.377 e. The molecule has 0 saturated carbocycles. The van der Waals surface area contributed by atoms with Gasteiger partial charge in [-0.25, -0.2) is 9.78 Å². The fraction of sp³-hybridized carbons (Fsp3) is 0.750. The molecular weight excluding hydrogens is 298 g/mol. The van der Waals surface area contributed by atoms with Gasteiger partial charge in [-0.2, -0.15) is 0 Å². The molecule has 1 aromatic heterocycles. The Morgan fingerprint density at radius 3 is 2.68 bits per heavy atom. The lowest BCUT2D eigenvalue weighted by atomic mass is 9.81. The fourth-order valence-electron chi connectivity index (χ4n) is 2.98. The summed E-state index contributed by atoms with van der Waals surface area (Å²) < 4.78 is 5.83. The summed E-state index contributed by atoms with van der Waals surface area (Å²) in [6, 6.07) is -0.120. The summed E-state index contributed by atoms with van der Waals surface area (Å²) in [6.07, 6.45) is 1.22. The summed E-state index contributed by atoms with van der Waals surface area (Å²) in [5.74, 6) is 0.387. The number of rotatable bonds is 4. The predicted octanol–water partition coefficient (Wildman–Crippen LogP) is 3.01. The fourth-order valence-corrected chi connectivity index (χ4v) is 3.86. The first kappa shape index (κ1) is 17.2. The van der Waals surface area contributed by atoms with Gasteiger partial charge in [-0.1, -0.05) is 20.8 Å². The zero-order valence-corrected chi connectivity index (χ0v) is 15.0. The smallest absolute Gasteiger partial charge is 0.315 e. The maximum absolute atomic E-state index is 12.0. The van der Waals surface area contributed by atoms with E-state index in [1.807, 2.05) is 13.8 Å². The van der Waals surface area contributed by atoms with E-state index in [9.17, 15) is 4.79 Å². The van der Waals surface area contributed by atoms with Gasteiger partial charge in [0.05, 0.1) is 23.4 Å². The van der Waals surface area contributed by atoms with E-state index < -0.39 is 0 Å². The highest BCUT2D eigenvalue weighted by atomic mass is 32.1. The zero-order valence-electron chi connectivity index (χ0n) is 14.2. The molecule has 1 aliphatic rings. The van der Waals surface area contributed by atoms with Crippen LogP contribution in [0.2, 0.25) is 0 Å². The Bertz CT molecular complexity index is 522. The van der Waals surface area contributed by atoms with Crippen LogP contribution in [0.3, 0.4) is 0 Å². The Kier molecular flexibility index (Phi) is 5.45. The van der Waals surface area contributed by atoms with Crippen LogP contribution in [0.4, 0.5) is 4.79 Å². The first-order valence-electron chi connectivity index (χ1n) is 7.83. The van der Waals surface area contributed by atoms with Crippen LogP contribution in [-0.4, -0.2) is 30.3 Å². The molecule has 1 saturated heterocycles. The topological polar surface area (TPSA) is 63.2 Å². The van der Waals surface area contributed by atoms with Gasteiger partial charge >= 0.3 is 6.03 Å². The number of thiazole rings is 1. The highest BCUT2D eigenvalue weighted by Gasteiger charge is 2.37. The third-order valence-corrected chi connectivity index (χ3v) is 5.07. The van der Waals surface area contributed by atoms with Gasteiger partial charge in [0.25, 0.3) is 0 Å². The van der Waals surface area contributed by atoms with Crippen molar-refractivity contribution < 1.29 is 9.53 Å². The number of carbonyl (C=O) groups excluding carboxylic acids is 1. The minimum absolute atomic E-state index is 0.108. The van der Waals surface area contributed by atoms with E-state index in [-0.39, 0.29) is 17.6 Å². The molecule has 0 unspecified atom stereocenters. The molecule has 5 nitrogen and oxygen atoms in total. The van der Waals surface area contributed by atoms with E-state index in [0.717, 1.165) is 28.6 Å². The summed E-state index contributed by atoms with van der Waals surface area (Å²) in [6.45, 7) is 12.5. The van der Waals surface area contributed by atoms with E-state index in [0.29, 0.717) is 19.0 Å². The van der Waals surface area contributed by atoms with Gasteiger partial charge in [0.15, 0.2) is 0 Å². The molecule has 2 rings (SSSR count). The van der Waals surface area contributed by atoms with Crippen molar-refractivity contribution in [2.45, 2.75) is 53.7 Å². The van der Waals surface area contributed by atoms with Crippen molar-refractivity contribution in [1.29, 1.82) is 0 Å². The van der Waals surface area contributed by atoms with Crippen molar-refractivity contribution >= 4 is 17.4 Å². The number of hydrogen-bond acceptors (Lipinski definition) is 4. The summed E-state index contributed by atoms with van der Waals surface area (Å²) in [5, 5.41) is 6.92. The summed E-state index contributed by atoms with van der Waals surface area (Å²) >= 11 is 1.63. The first-order chi connectivity index (χ1) is 10.3. The van der Waals surface area contributed by atoms with Crippen molar-refractivity contribution in [3.05, 3.63) is 15.6 Å². The molecule has 1 aliphatic heterocycles. The number of nitrogens with zero attached hydrogens (tertiary/aromatic N) is 1. The van der Waals surface area contributed by atoms with Gasteiger partial charge in [0.1, 0.15) is 0 Å². The second-order valence-corrected chi connectivity index (χ2v) is 8.30. The number of aryl methyl sites for hydroxylation is 2. The van der Waals surface area contributed by atoms with E-state index in [1.165, 1.54) is 0 Å². The van der Waals surface area contributed by atoms with Gasteiger partial charge in [0.2, 0.25) is 0 Å². The highest BCUT2D eigenvalue weighted by molar-refractivity contribution is 7.11. The van der Waals surface area contributed by atoms with Gasteiger partial charge in [-0.15, -0.1) is 11.3 Å². The molecule has 0 aromatic carbocycles. The Balaban J connectivity index is 1.77. The van der Waals surface area contributed by atoms with Crippen molar-refractivity contribution in [3.63, 3.8) is 0 Å². The molecule has 0 radical (unpaired) electrons. The second-order valence-electron chi connectivity index (χ2n) is 7.01. The minimum atomic E-state index is -0.120. The van der Waals surface area contributed by atoms with Gasteiger partial charge in [-0.3, -0.25) is 0 Å². The lowest BCUT2D eigenvalue weighted by Crippen LogP contribution is -2.42. The normalized spacial score (nSPS) is 21.9. The maximum atomic E-state index is 12.0. The third-order valence-electron chi connectivity index (χ3n) is 4.00. The maximum Gasteiger partial charge on any atom is 0.315 e. The molecule has 0 aliphatic carbocycles. The van der Waals surface area contributed by atoms with Crippen molar-refractivity contribution in [2.24, 2.45) is 11.3 Å². The summed E-state index contributed by atoms with van der Waals surface area (Å²) in [5.41, 5.74) is 1.11. The first-order valence-corrected chi connectivity index (χ1v) is 8.65. The van der Waals surface area contributed by atoms with Crippen molar-refractivity contribution in [3.8, 4) is 0 Å². The zero-order chi connectivity index (χ0) is 16.3. The van der Waals surface area contributed by atoms with Gasteiger partial charge in [-0.05, 0) is 25.7 Å². The number of amides is 2. The molecule has 0 bridgehead atoms. The minimum Gasteiger partial charge on any atom is -0.377 e. The molecule has 2 amide bonds. The number of carbonyl (C=O) groups is 1. The van der Waals surface area contributed by atoms with Gasteiger partial charge in [0, 0.05) is 23.9 Å². The molecule has 2 N–H and O–H groups in total. The highest BCUT2D eigenvalue weighted by Crippen LogP contribution is 2.34. The van der Waals surface area contributed by atoms with E-state index in [4.69, 9.17) is 4.74 Å². The Labute approximate surface area is 136 Å². The number of ether oxygens (including phenoxy) is 1. The van der Waals surface area contributed by atoms with Gasteiger partial charge < -0.3 is 15.4 Å². The average molecular weight is 325 g/mol. The summed E-state index contributed by atoms with van der Waals surface area (Å²) in [7, 11) is 0. The molecule has 1 fully saturated rings. The Hall–Kier alpha value is -1.14. The molecule has 2 atom stereocenters. The van der Waals surface area contributed by atoms with Crippen LogP contribution in [0.5, 0.6) is 0 Å². The molecule has 0 spiro atoms. The van der Waals surface area contributed by atoms with Crippen molar-refractivity contribution in [2.75, 3.05) is 13.2 Å². The standard InChI is InChI=1S/C16H27N3O2S/c1-10-13(22-11(2)19-10)9-18-15(20)17-8-12-6-7-21-14(12)16(3,4)5/h12,14H,6-9H2,1-5H3,(H2,17,18,20)/t12-,14+/m1/s1. The number of aromatic nitrogens is 1.